The maximum absolute atomic E-state index is 12.6. The van der Waals surface area contributed by atoms with Crippen molar-refractivity contribution in [3.05, 3.63) is 77.8 Å². The number of ketones is 2. The third-order valence-corrected chi connectivity index (χ3v) is 3.80. The molecule has 1 aliphatic carbocycles. The molecule has 8 nitrogen and oxygen atoms in total. The third-order valence-electron chi connectivity index (χ3n) is 3.49. The van der Waals surface area contributed by atoms with Crippen molar-refractivity contribution in [1.29, 1.82) is 0 Å². The Hall–Kier alpha value is -3.13. The minimum atomic E-state index is -0.962. The maximum Gasteiger partial charge on any atom is 0.299 e. The average Bonchev–Trinajstić information content (AvgIpc) is 2.51. The molecule has 23 heavy (non-hydrogen) atoms. The van der Waals surface area contributed by atoms with Gasteiger partial charge in [0, 0.05) is 17.2 Å². The molecule has 0 aliphatic heterocycles. The molecule has 0 spiro atoms. The molecule has 0 saturated carbocycles. The maximum atomic E-state index is 12.6. The molecule has 0 N–H and O–H groups in total. The lowest BCUT2D eigenvalue weighted by molar-refractivity contribution is -0.385. The van der Waals surface area contributed by atoms with Gasteiger partial charge in [0.25, 0.3) is 11.4 Å². The van der Waals surface area contributed by atoms with E-state index in [0.29, 0.717) is 0 Å². The van der Waals surface area contributed by atoms with Crippen LogP contribution in [0.2, 0.25) is 5.02 Å². The zero-order chi connectivity index (χ0) is 16.9. The summed E-state index contributed by atoms with van der Waals surface area (Å²) in [6.07, 6.45) is 0. The molecule has 0 heterocycles. The zero-order valence-corrected chi connectivity index (χ0v) is 11.9. The van der Waals surface area contributed by atoms with E-state index in [-0.39, 0.29) is 16.1 Å². The van der Waals surface area contributed by atoms with Crippen LogP contribution in [0.4, 0.5) is 11.4 Å². The lowest BCUT2D eigenvalue weighted by atomic mass is 9.82. The fraction of sp³-hybridized carbons (Fsp3) is 0. The molecule has 0 amide bonds. The van der Waals surface area contributed by atoms with Crippen LogP contribution < -0.4 is 0 Å². The lowest BCUT2D eigenvalue weighted by Gasteiger charge is -2.17. The van der Waals surface area contributed by atoms with Crippen molar-refractivity contribution in [3.8, 4) is 0 Å². The highest BCUT2D eigenvalue weighted by Gasteiger charge is 2.40. The molecular weight excluding hydrogens is 328 g/mol. The van der Waals surface area contributed by atoms with Crippen molar-refractivity contribution in [2.45, 2.75) is 0 Å². The van der Waals surface area contributed by atoms with Crippen LogP contribution in [0.15, 0.2) is 30.3 Å². The van der Waals surface area contributed by atoms with Crippen molar-refractivity contribution in [2.24, 2.45) is 0 Å². The fourth-order valence-electron chi connectivity index (χ4n) is 2.55. The molecule has 9 heteroatoms. The van der Waals surface area contributed by atoms with E-state index in [0.717, 1.165) is 12.1 Å². The Morgan fingerprint density at radius 1 is 0.826 bits per heavy atom. The molecular formula is C14H5ClN2O6. The quantitative estimate of drug-likeness (QED) is 0.525. The van der Waals surface area contributed by atoms with Gasteiger partial charge in [0.15, 0.2) is 5.78 Å². The first-order valence-electron chi connectivity index (χ1n) is 6.18. The molecule has 3 rings (SSSR count). The number of hydrogen-bond donors (Lipinski definition) is 0. The third kappa shape index (κ3) is 2.00. The summed E-state index contributed by atoms with van der Waals surface area (Å²) in [6, 6.07) is 5.95. The van der Waals surface area contributed by atoms with Crippen LogP contribution in [0.5, 0.6) is 0 Å². The highest BCUT2D eigenvalue weighted by Crippen LogP contribution is 2.39. The van der Waals surface area contributed by atoms with E-state index in [1.165, 1.54) is 18.2 Å². The number of benzene rings is 2. The molecule has 0 fully saturated rings. The number of halogens is 1. The number of nitro benzene ring substituents is 2. The molecule has 0 aromatic heterocycles. The van der Waals surface area contributed by atoms with Gasteiger partial charge in [-0.1, -0.05) is 17.7 Å². The highest BCUT2D eigenvalue weighted by atomic mass is 35.5. The van der Waals surface area contributed by atoms with Crippen molar-refractivity contribution >= 4 is 34.5 Å². The number of hydrogen-bond acceptors (Lipinski definition) is 6. The summed E-state index contributed by atoms with van der Waals surface area (Å²) in [4.78, 5) is 45.7. The number of rotatable bonds is 2. The van der Waals surface area contributed by atoms with Gasteiger partial charge in [-0.05, 0) is 18.2 Å². The molecule has 114 valence electrons. The number of carbonyl (C=O) groups excluding carboxylic acids is 2. The Kier molecular flexibility index (Phi) is 3.19. The summed E-state index contributed by atoms with van der Waals surface area (Å²) >= 11 is 5.76. The summed E-state index contributed by atoms with van der Waals surface area (Å²) in [5.74, 6) is -1.66. The largest absolute Gasteiger partial charge is 0.299 e. The minimum Gasteiger partial charge on any atom is -0.289 e. The molecule has 2 aromatic carbocycles. The summed E-state index contributed by atoms with van der Waals surface area (Å²) in [5.41, 5.74) is -2.64. The standard InChI is InChI=1S/C14H5ClN2O6/c15-8-5-4-7-11(12(8)17(22)23)14(19)10-6(13(7)18)2-1-3-9(10)16(20)21/h1-5H. The van der Waals surface area contributed by atoms with Crippen molar-refractivity contribution in [3.63, 3.8) is 0 Å². The van der Waals surface area contributed by atoms with Gasteiger partial charge in [-0.3, -0.25) is 29.8 Å². The monoisotopic (exact) mass is 332 g/mol. The van der Waals surface area contributed by atoms with Crippen molar-refractivity contribution in [1.82, 2.24) is 0 Å². The second-order valence-corrected chi connectivity index (χ2v) is 5.10. The molecule has 2 aromatic rings. The van der Waals surface area contributed by atoms with Crippen LogP contribution in [-0.2, 0) is 0 Å². The van der Waals surface area contributed by atoms with Gasteiger partial charge >= 0.3 is 0 Å². The molecule has 0 radical (unpaired) electrons. The van der Waals surface area contributed by atoms with Crippen LogP contribution >= 0.6 is 11.6 Å². The first-order chi connectivity index (χ1) is 10.8. The van der Waals surface area contributed by atoms with E-state index in [4.69, 9.17) is 11.6 Å². The van der Waals surface area contributed by atoms with Gasteiger partial charge in [-0.25, -0.2) is 0 Å². The van der Waals surface area contributed by atoms with Crippen LogP contribution in [-0.4, -0.2) is 21.4 Å². The normalized spacial score (nSPS) is 12.6. The molecule has 1 aliphatic rings. The average molecular weight is 333 g/mol. The Morgan fingerprint density at radius 3 is 2.09 bits per heavy atom. The zero-order valence-electron chi connectivity index (χ0n) is 11.1. The van der Waals surface area contributed by atoms with Crippen LogP contribution in [0, 0.1) is 20.2 Å². The number of fused-ring (bicyclic) bond motifs is 2. The molecule has 0 saturated heterocycles. The summed E-state index contributed by atoms with van der Waals surface area (Å²) in [7, 11) is 0. The summed E-state index contributed by atoms with van der Waals surface area (Å²) < 4.78 is 0. The van der Waals surface area contributed by atoms with Gasteiger partial charge in [-0.2, -0.15) is 0 Å². The minimum absolute atomic E-state index is 0.159. The summed E-state index contributed by atoms with van der Waals surface area (Å²) in [6.45, 7) is 0. The van der Waals surface area contributed by atoms with Gasteiger partial charge in [0.05, 0.1) is 9.85 Å². The van der Waals surface area contributed by atoms with E-state index < -0.39 is 43.9 Å². The van der Waals surface area contributed by atoms with Gasteiger partial charge < -0.3 is 0 Å². The van der Waals surface area contributed by atoms with Crippen LogP contribution in [0.3, 0.4) is 0 Å². The predicted octanol–water partition coefficient (Wildman–Crippen LogP) is 2.93. The predicted molar refractivity (Wildman–Crippen MR) is 78.1 cm³/mol. The van der Waals surface area contributed by atoms with Crippen molar-refractivity contribution in [2.75, 3.05) is 0 Å². The Balaban J connectivity index is 2.42. The second kappa shape index (κ2) is 4.96. The van der Waals surface area contributed by atoms with Gasteiger partial charge in [0.1, 0.15) is 16.1 Å². The van der Waals surface area contributed by atoms with Crippen LogP contribution in [0.25, 0.3) is 0 Å². The van der Waals surface area contributed by atoms with Crippen molar-refractivity contribution < 1.29 is 19.4 Å². The topological polar surface area (TPSA) is 120 Å². The Labute approximate surface area is 132 Å². The van der Waals surface area contributed by atoms with Gasteiger partial charge in [0.2, 0.25) is 5.78 Å². The van der Waals surface area contributed by atoms with E-state index in [2.05, 4.69) is 0 Å². The Bertz CT molecular complexity index is 937. The SMILES string of the molecule is O=C1c2cccc([N+](=O)[O-])c2C(=O)c2c1ccc(Cl)c2[N+](=O)[O-]. The van der Waals surface area contributed by atoms with Crippen LogP contribution in [0.1, 0.15) is 31.8 Å². The van der Waals surface area contributed by atoms with E-state index in [9.17, 15) is 29.8 Å². The summed E-state index contributed by atoms with van der Waals surface area (Å²) in [5, 5.41) is 22.0. The van der Waals surface area contributed by atoms with E-state index in [1.807, 2.05) is 0 Å². The first kappa shape index (κ1) is 14.8. The number of nitrogens with zero attached hydrogens (tertiary/aromatic N) is 2. The molecule has 0 unspecified atom stereocenters. The number of nitro groups is 2. The molecule has 0 bridgehead atoms. The van der Waals surface area contributed by atoms with Gasteiger partial charge in [-0.15, -0.1) is 0 Å². The number of carbonyl (C=O) groups is 2. The van der Waals surface area contributed by atoms with E-state index >= 15 is 0 Å². The first-order valence-corrected chi connectivity index (χ1v) is 6.56. The lowest BCUT2D eigenvalue weighted by Crippen LogP contribution is -2.23. The highest BCUT2D eigenvalue weighted by molar-refractivity contribution is 6.37. The molecule has 0 atom stereocenters. The second-order valence-electron chi connectivity index (χ2n) is 4.69. The smallest absolute Gasteiger partial charge is 0.289 e. The van der Waals surface area contributed by atoms with E-state index in [1.54, 1.807) is 0 Å². The Morgan fingerprint density at radius 2 is 1.48 bits per heavy atom. The fourth-order valence-corrected chi connectivity index (χ4v) is 2.78.